The topological polar surface area (TPSA) is 24.8 Å². The molecule has 3 nitrogen and oxygen atoms in total. The maximum absolute atomic E-state index is 5.09. The van der Waals surface area contributed by atoms with Crippen LogP contribution in [0.2, 0.25) is 0 Å². The SMILES string of the molecule is C\C=C/C=C\C(CN(C)OC)=N\CCCC. The summed E-state index contributed by atoms with van der Waals surface area (Å²) >= 11 is 0. The molecule has 0 N–H and O–H groups in total. The lowest BCUT2D eigenvalue weighted by Crippen LogP contribution is -2.24. The smallest absolute Gasteiger partial charge is 0.0656 e. The van der Waals surface area contributed by atoms with Gasteiger partial charge in [-0.2, -0.15) is 5.06 Å². The van der Waals surface area contributed by atoms with E-state index in [0.29, 0.717) is 6.54 Å². The number of hydroxylamine groups is 2. The van der Waals surface area contributed by atoms with E-state index in [1.807, 2.05) is 38.3 Å². The number of unbranched alkanes of at least 4 members (excludes halogenated alkanes) is 1. The van der Waals surface area contributed by atoms with Crippen LogP contribution in [0, 0.1) is 0 Å². The summed E-state index contributed by atoms with van der Waals surface area (Å²) in [6.45, 7) is 5.78. The zero-order chi connectivity index (χ0) is 12.2. The standard InChI is InChI=1S/C13H24N2O/c1-5-7-9-10-13(12-15(3)16-4)14-11-8-6-2/h5,7,9-10H,6,8,11-12H2,1-4H3/b7-5-,10-9-,14-13-. The van der Waals surface area contributed by atoms with Crippen molar-refractivity contribution in [2.24, 2.45) is 4.99 Å². The summed E-state index contributed by atoms with van der Waals surface area (Å²) in [5.41, 5.74) is 1.05. The van der Waals surface area contributed by atoms with Crippen molar-refractivity contribution in [3.8, 4) is 0 Å². The van der Waals surface area contributed by atoms with Gasteiger partial charge in [-0.25, -0.2) is 0 Å². The number of allylic oxidation sites excluding steroid dienone is 3. The lowest BCUT2D eigenvalue weighted by atomic mass is 10.3. The Balaban J connectivity index is 4.31. The molecule has 0 saturated carbocycles. The molecule has 16 heavy (non-hydrogen) atoms. The van der Waals surface area contributed by atoms with Crippen LogP contribution in [0.25, 0.3) is 0 Å². The summed E-state index contributed by atoms with van der Waals surface area (Å²) < 4.78 is 0. The average molecular weight is 224 g/mol. The Kier molecular flexibility index (Phi) is 9.97. The Bertz CT molecular complexity index is 244. The number of rotatable bonds is 8. The second kappa shape index (κ2) is 10.6. The number of nitrogens with zero attached hydrogens (tertiary/aromatic N) is 2. The molecule has 0 aromatic rings. The molecular weight excluding hydrogens is 200 g/mol. The molecule has 0 saturated heterocycles. The van der Waals surface area contributed by atoms with Crippen molar-refractivity contribution < 1.29 is 4.84 Å². The van der Waals surface area contributed by atoms with E-state index in [-0.39, 0.29) is 0 Å². The van der Waals surface area contributed by atoms with Crippen LogP contribution < -0.4 is 0 Å². The lowest BCUT2D eigenvalue weighted by Gasteiger charge is -2.13. The van der Waals surface area contributed by atoms with Crippen LogP contribution in [0.1, 0.15) is 26.7 Å². The fourth-order valence-corrected chi connectivity index (χ4v) is 1.11. The second-order valence-corrected chi connectivity index (χ2v) is 3.58. The summed E-state index contributed by atoms with van der Waals surface area (Å²) in [6, 6.07) is 0. The van der Waals surface area contributed by atoms with Gasteiger partial charge < -0.3 is 4.84 Å². The Morgan fingerprint density at radius 2 is 2.12 bits per heavy atom. The molecule has 0 spiro atoms. The van der Waals surface area contributed by atoms with Crippen molar-refractivity contribution in [3.05, 3.63) is 24.3 Å². The van der Waals surface area contributed by atoms with Gasteiger partial charge in [0.2, 0.25) is 0 Å². The highest BCUT2D eigenvalue weighted by atomic mass is 16.7. The number of hydrogen-bond acceptors (Lipinski definition) is 3. The van der Waals surface area contributed by atoms with Gasteiger partial charge in [0, 0.05) is 13.6 Å². The third kappa shape index (κ3) is 8.38. The summed E-state index contributed by atoms with van der Waals surface area (Å²) in [7, 11) is 3.57. The van der Waals surface area contributed by atoms with Gasteiger partial charge in [-0.05, 0) is 19.4 Å². The van der Waals surface area contributed by atoms with Gasteiger partial charge in [-0.1, -0.05) is 31.6 Å². The van der Waals surface area contributed by atoms with Crippen molar-refractivity contribution in [2.75, 3.05) is 27.2 Å². The first-order chi connectivity index (χ1) is 7.74. The lowest BCUT2D eigenvalue weighted by molar-refractivity contribution is -0.0956. The van der Waals surface area contributed by atoms with E-state index >= 15 is 0 Å². The number of aliphatic imine (C=N–C) groups is 1. The van der Waals surface area contributed by atoms with E-state index in [1.165, 1.54) is 6.42 Å². The Morgan fingerprint density at radius 3 is 2.69 bits per heavy atom. The molecule has 0 atom stereocenters. The van der Waals surface area contributed by atoms with Crippen LogP contribution in [0.4, 0.5) is 0 Å². The minimum Gasteiger partial charge on any atom is -0.302 e. The van der Waals surface area contributed by atoms with Crippen LogP contribution in [-0.4, -0.2) is 38.0 Å². The van der Waals surface area contributed by atoms with E-state index in [2.05, 4.69) is 11.9 Å². The van der Waals surface area contributed by atoms with Crippen LogP contribution >= 0.6 is 0 Å². The van der Waals surface area contributed by atoms with E-state index in [9.17, 15) is 0 Å². The largest absolute Gasteiger partial charge is 0.302 e. The van der Waals surface area contributed by atoms with Crippen LogP contribution in [-0.2, 0) is 4.84 Å². The maximum Gasteiger partial charge on any atom is 0.0656 e. The molecular formula is C13H24N2O. The molecule has 0 aliphatic heterocycles. The molecule has 0 aliphatic rings. The van der Waals surface area contributed by atoms with Crippen molar-refractivity contribution in [3.63, 3.8) is 0 Å². The third-order valence-electron chi connectivity index (χ3n) is 2.12. The van der Waals surface area contributed by atoms with E-state index < -0.39 is 0 Å². The quantitative estimate of drug-likeness (QED) is 0.274. The first kappa shape index (κ1) is 15.1. The molecule has 92 valence electrons. The Morgan fingerprint density at radius 1 is 1.38 bits per heavy atom. The Labute approximate surface area is 99.5 Å². The van der Waals surface area contributed by atoms with Gasteiger partial charge in [0.05, 0.1) is 19.4 Å². The third-order valence-corrected chi connectivity index (χ3v) is 2.12. The van der Waals surface area contributed by atoms with Gasteiger partial charge in [-0.3, -0.25) is 4.99 Å². The normalized spacial score (nSPS) is 13.4. The van der Waals surface area contributed by atoms with E-state index in [0.717, 1.165) is 18.7 Å². The van der Waals surface area contributed by atoms with E-state index in [4.69, 9.17) is 4.84 Å². The molecule has 0 fully saturated rings. The molecule has 0 aliphatic carbocycles. The Hall–Kier alpha value is -0.930. The second-order valence-electron chi connectivity index (χ2n) is 3.58. The summed E-state index contributed by atoms with van der Waals surface area (Å²) in [5.74, 6) is 0. The highest BCUT2D eigenvalue weighted by molar-refractivity contribution is 5.96. The zero-order valence-corrected chi connectivity index (χ0v) is 10.9. The summed E-state index contributed by atoms with van der Waals surface area (Å²) in [6.07, 6.45) is 10.4. The van der Waals surface area contributed by atoms with Crippen LogP contribution in [0.5, 0.6) is 0 Å². The van der Waals surface area contributed by atoms with E-state index in [1.54, 1.807) is 12.2 Å². The van der Waals surface area contributed by atoms with Crippen molar-refractivity contribution >= 4 is 5.71 Å². The van der Waals surface area contributed by atoms with Crippen molar-refractivity contribution in [1.82, 2.24) is 5.06 Å². The minimum atomic E-state index is 0.717. The van der Waals surface area contributed by atoms with Crippen LogP contribution in [0.15, 0.2) is 29.3 Å². The molecule has 0 unspecified atom stereocenters. The molecule has 0 amide bonds. The van der Waals surface area contributed by atoms with Crippen molar-refractivity contribution in [2.45, 2.75) is 26.7 Å². The molecule has 0 rings (SSSR count). The van der Waals surface area contributed by atoms with Crippen LogP contribution in [0.3, 0.4) is 0 Å². The molecule has 0 heterocycles. The monoisotopic (exact) mass is 224 g/mol. The van der Waals surface area contributed by atoms with Gasteiger partial charge in [0.15, 0.2) is 0 Å². The summed E-state index contributed by atoms with van der Waals surface area (Å²) in [5, 5.41) is 1.77. The van der Waals surface area contributed by atoms with Crippen molar-refractivity contribution in [1.29, 1.82) is 0 Å². The minimum absolute atomic E-state index is 0.717. The maximum atomic E-state index is 5.09. The highest BCUT2D eigenvalue weighted by Crippen LogP contribution is 1.93. The first-order valence-electron chi connectivity index (χ1n) is 5.82. The fourth-order valence-electron chi connectivity index (χ4n) is 1.11. The fraction of sp³-hybridized carbons (Fsp3) is 0.615. The van der Waals surface area contributed by atoms with Gasteiger partial charge in [0.25, 0.3) is 0 Å². The van der Waals surface area contributed by atoms with Gasteiger partial charge in [0.1, 0.15) is 0 Å². The molecule has 3 heteroatoms. The number of hydrogen-bond donors (Lipinski definition) is 0. The van der Waals surface area contributed by atoms with Gasteiger partial charge >= 0.3 is 0 Å². The molecule has 0 radical (unpaired) electrons. The summed E-state index contributed by atoms with van der Waals surface area (Å²) in [4.78, 5) is 9.64. The van der Waals surface area contributed by atoms with Gasteiger partial charge in [-0.15, -0.1) is 0 Å². The average Bonchev–Trinajstić information content (AvgIpc) is 2.29. The first-order valence-corrected chi connectivity index (χ1v) is 5.82. The molecule has 0 aromatic heterocycles. The zero-order valence-electron chi connectivity index (χ0n) is 10.9. The molecule has 0 bridgehead atoms. The molecule has 0 aromatic carbocycles. The predicted molar refractivity (Wildman–Crippen MR) is 70.8 cm³/mol. The predicted octanol–water partition coefficient (Wildman–Crippen LogP) is 2.85. The highest BCUT2D eigenvalue weighted by Gasteiger charge is 1.99.